The van der Waals surface area contributed by atoms with Crippen LogP contribution in [0.5, 0.6) is 0 Å². The molecule has 0 radical (unpaired) electrons. The van der Waals surface area contributed by atoms with Crippen molar-refractivity contribution in [3.8, 4) is 0 Å². The fraction of sp³-hybridized carbons (Fsp3) is 0.667. The Morgan fingerprint density at radius 2 is 1.90 bits per heavy atom. The van der Waals surface area contributed by atoms with E-state index in [9.17, 15) is 0 Å². The smallest absolute Gasteiger partial charge is 0.0450 e. The molecule has 1 aliphatic rings. The van der Waals surface area contributed by atoms with Crippen LogP contribution in [-0.2, 0) is 6.42 Å². The van der Waals surface area contributed by atoms with Crippen molar-refractivity contribution in [3.05, 3.63) is 35.4 Å². The molecule has 1 aliphatic heterocycles. The molecular weight excluding hydrogens is 244 g/mol. The van der Waals surface area contributed by atoms with Crippen molar-refractivity contribution in [2.24, 2.45) is 11.7 Å². The lowest BCUT2D eigenvalue weighted by molar-refractivity contribution is 0.0640. The van der Waals surface area contributed by atoms with E-state index in [1.165, 1.54) is 30.5 Å². The molecule has 1 heterocycles. The minimum Gasteiger partial charge on any atom is -0.323 e. The number of rotatable bonds is 4. The van der Waals surface area contributed by atoms with Crippen LogP contribution in [0.25, 0.3) is 0 Å². The molecule has 0 aromatic heterocycles. The van der Waals surface area contributed by atoms with Gasteiger partial charge in [0.2, 0.25) is 0 Å². The third-order valence-electron chi connectivity index (χ3n) is 5.24. The Hall–Kier alpha value is -0.860. The average Bonchev–Trinajstić information content (AvgIpc) is 2.48. The lowest BCUT2D eigenvalue weighted by Crippen LogP contribution is -2.50. The van der Waals surface area contributed by atoms with Crippen LogP contribution < -0.4 is 5.73 Å². The molecule has 4 unspecified atom stereocenters. The van der Waals surface area contributed by atoms with Crippen molar-refractivity contribution in [2.45, 2.75) is 65.1 Å². The molecule has 1 fully saturated rings. The van der Waals surface area contributed by atoms with Gasteiger partial charge in [-0.25, -0.2) is 0 Å². The predicted octanol–water partition coefficient (Wildman–Crippen LogP) is 3.76. The normalized spacial score (nSPS) is 27.2. The summed E-state index contributed by atoms with van der Waals surface area (Å²) in [6.45, 7) is 10.4. The molecule has 1 aromatic carbocycles. The van der Waals surface area contributed by atoms with Gasteiger partial charge in [0.05, 0.1) is 0 Å². The van der Waals surface area contributed by atoms with Crippen molar-refractivity contribution in [1.82, 2.24) is 4.90 Å². The number of hydrogen-bond acceptors (Lipinski definition) is 2. The quantitative estimate of drug-likeness (QED) is 0.906. The highest BCUT2D eigenvalue weighted by molar-refractivity contribution is 5.25. The fourth-order valence-electron chi connectivity index (χ4n) is 3.40. The van der Waals surface area contributed by atoms with Gasteiger partial charge in [0.1, 0.15) is 0 Å². The van der Waals surface area contributed by atoms with Gasteiger partial charge >= 0.3 is 0 Å². The zero-order valence-corrected chi connectivity index (χ0v) is 13.5. The highest BCUT2D eigenvalue weighted by atomic mass is 15.2. The molecule has 0 bridgehead atoms. The van der Waals surface area contributed by atoms with Gasteiger partial charge in [0.25, 0.3) is 0 Å². The Morgan fingerprint density at radius 1 is 1.25 bits per heavy atom. The predicted molar refractivity (Wildman–Crippen MR) is 86.8 cm³/mol. The molecule has 2 rings (SSSR count). The number of likely N-dealkylation sites (tertiary alicyclic amines) is 1. The third kappa shape index (κ3) is 3.24. The van der Waals surface area contributed by atoms with Crippen LogP contribution in [0, 0.1) is 5.92 Å². The summed E-state index contributed by atoms with van der Waals surface area (Å²) >= 11 is 0. The van der Waals surface area contributed by atoms with Crippen molar-refractivity contribution >= 4 is 0 Å². The molecule has 20 heavy (non-hydrogen) atoms. The summed E-state index contributed by atoms with van der Waals surface area (Å²) in [7, 11) is 0. The van der Waals surface area contributed by atoms with Crippen molar-refractivity contribution < 1.29 is 0 Å². The summed E-state index contributed by atoms with van der Waals surface area (Å²) in [4.78, 5) is 2.60. The molecule has 2 N–H and O–H groups in total. The Kier molecular flexibility index (Phi) is 5.22. The molecule has 0 saturated carbocycles. The van der Waals surface area contributed by atoms with E-state index < -0.39 is 0 Å². The minimum absolute atomic E-state index is 0.105. The highest BCUT2D eigenvalue weighted by Crippen LogP contribution is 2.29. The van der Waals surface area contributed by atoms with Gasteiger partial charge in [-0.2, -0.15) is 0 Å². The fourth-order valence-corrected chi connectivity index (χ4v) is 3.40. The Balaban J connectivity index is 2.08. The first-order chi connectivity index (χ1) is 9.54. The summed E-state index contributed by atoms with van der Waals surface area (Å²) in [5.41, 5.74) is 9.17. The maximum atomic E-state index is 6.53. The summed E-state index contributed by atoms with van der Waals surface area (Å²) in [6, 6.07) is 9.98. The lowest BCUT2D eigenvalue weighted by Gasteiger charge is -2.43. The zero-order chi connectivity index (χ0) is 14.7. The van der Waals surface area contributed by atoms with Crippen LogP contribution in [0.1, 0.15) is 57.7 Å². The molecule has 0 spiro atoms. The minimum atomic E-state index is 0.105. The average molecular weight is 274 g/mol. The van der Waals surface area contributed by atoms with E-state index in [1.54, 1.807) is 0 Å². The van der Waals surface area contributed by atoms with E-state index in [2.05, 4.69) is 56.9 Å². The summed E-state index contributed by atoms with van der Waals surface area (Å²) in [5.74, 6) is 0.779. The first-order valence-corrected chi connectivity index (χ1v) is 8.14. The SMILES string of the molecule is CCc1ccc(C(N)C(C)N2CCCC(C)C2C)cc1. The first kappa shape index (κ1) is 15.5. The van der Waals surface area contributed by atoms with Crippen LogP contribution in [0.3, 0.4) is 0 Å². The van der Waals surface area contributed by atoms with Gasteiger partial charge in [0.15, 0.2) is 0 Å². The van der Waals surface area contributed by atoms with Crippen LogP contribution in [0.2, 0.25) is 0 Å². The lowest BCUT2D eigenvalue weighted by atomic mass is 9.88. The monoisotopic (exact) mass is 274 g/mol. The number of nitrogens with zero attached hydrogens (tertiary/aromatic N) is 1. The van der Waals surface area contributed by atoms with Gasteiger partial charge in [0, 0.05) is 18.1 Å². The van der Waals surface area contributed by atoms with Gasteiger partial charge < -0.3 is 5.73 Å². The molecule has 1 saturated heterocycles. The molecule has 0 aliphatic carbocycles. The van der Waals surface area contributed by atoms with Crippen LogP contribution in [0.15, 0.2) is 24.3 Å². The molecule has 112 valence electrons. The Morgan fingerprint density at radius 3 is 2.50 bits per heavy atom. The number of nitrogens with two attached hydrogens (primary N) is 1. The number of benzene rings is 1. The molecular formula is C18H30N2. The van der Waals surface area contributed by atoms with Gasteiger partial charge in [-0.3, -0.25) is 4.90 Å². The largest absolute Gasteiger partial charge is 0.323 e. The van der Waals surface area contributed by atoms with E-state index >= 15 is 0 Å². The Labute approximate surface area is 124 Å². The molecule has 1 aromatic rings. The topological polar surface area (TPSA) is 29.3 Å². The van der Waals surface area contributed by atoms with Gasteiger partial charge in [-0.1, -0.05) is 38.1 Å². The third-order valence-corrected chi connectivity index (χ3v) is 5.24. The maximum absolute atomic E-state index is 6.53. The summed E-state index contributed by atoms with van der Waals surface area (Å²) < 4.78 is 0. The van der Waals surface area contributed by atoms with E-state index in [4.69, 9.17) is 5.73 Å². The molecule has 2 nitrogen and oxygen atoms in total. The van der Waals surface area contributed by atoms with Crippen molar-refractivity contribution in [3.63, 3.8) is 0 Å². The van der Waals surface area contributed by atoms with E-state index in [0.29, 0.717) is 12.1 Å². The number of hydrogen-bond donors (Lipinski definition) is 1. The first-order valence-electron chi connectivity index (χ1n) is 8.14. The van der Waals surface area contributed by atoms with Crippen LogP contribution >= 0.6 is 0 Å². The van der Waals surface area contributed by atoms with Crippen LogP contribution in [-0.4, -0.2) is 23.5 Å². The second-order valence-electron chi connectivity index (χ2n) is 6.46. The standard InChI is InChI=1S/C18H30N2/c1-5-16-8-10-17(11-9-16)18(19)15(4)20-12-6-7-13(2)14(20)3/h8-11,13-15,18H,5-7,12,19H2,1-4H3. The van der Waals surface area contributed by atoms with Crippen molar-refractivity contribution in [2.75, 3.05) is 6.54 Å². The van der Waals surface area contributed by atoms with Crippen molar-refractivity contribution in [1.29, 1.82) is 0 Å². The zero-order valence-electron chi connectivity index (χ0n) is 13.5. The van der Waals surface area contributed by atoms with E-state index in [0.717, 1.165) is 12.3 Å². The second-order valence-corrected chi connectivity index (χ2v) is 6.46. The molecule has 2 heteroatoms. The highest BCUT2D eigenvalue weighted by Gasteiger charge is 2.31. The molecule has 0 amide bonds. The van der Waals surface area contributed by atoms with Gasteiger partial charge in [-0.05, 0) is 56.7 Å². The summed E-state index contributed by atoms with van der Waals surface area (Å²) in [6.07, 6.45) is 3.74. The molecule has 4 atom stereocenters. The summed E-state index contributed by atoms with van der Waals surface area (Å²) in [5, 5.41) is 0. The maximum Gasteiger partial charge on any atom is 0.0450 e. The van der Waals surface area contributed by atoms with E-state index in [1.807, 2.05) is 0 Å². The van der Waals surface area contributed by atoms with E-state index in [-0.39, 0.29) is 6.04 Å². The van der Waals surface area contributed by atoms with Crippen LogP contribution in [0.4, 0.5) is 0 Å². The Bertz CT molecular complexity index is 412. The number of piperidine rings is 1. The number of aryl methyl sites for hydroxylation is 1. The van der Waals surface area contributed by atoms with Gasteiger partial charge in [-0.15, -0.1) is 0 Å². The second kappa shape index (κ2) is 6.73.